The molecule has 5 heteroatoms. The van der Waals surface area contributed by atoms with Gasteiger partial charge >= 0.3 is 6.03 Å². The van der Waals surface area contributed by atoms with E-state index in [2.05, 4.69) is 39.5 Å². The zero-order valence-electron chi connectivity index (χ0n) is 24.6. The van der Waals surface area contributed by atoms with Gasteiger partial charge in [-0.3, -0.25) is 4.90 Å². The summed E-state index contributed by atoms with van der Waals surface area (Å²) in [5.41, 5.74) is 0. The molecule has 0 aromatic carbocycles. The van der Waals surface area contributed by atoms with E-state index in [0.717, 1.165) is 37.7 Å². The lowest BCUT2D eigenvalue weighted by molar-refractivity contribution is -0.864. The topological polar surface area (TPSA) is 46.3 Å². The van der Waals surface area contributed by atoms with Gasteiger partial charge in [0.2, 0.25) is 0 Å². The first-order chi connectivity index (χ1) is 17.0. The molecule has 0 aromatic rings. The van der Waals surface area contributed by atoms with Gasteiger partial charge < -0.3 is 0 Å². The molecule has 0 fully saturated rings. The Morgan fingerprint density at radius 2 is 1.29 bits per heavy atom. The minimum Gasteiger partial charge on any atom is -0.291 e. The molecule has 0 radical (unpaired) electrons. The number of nitrogens with two attached hydrogens (primary N) is 1. The number of hydrogen-bond acceptors (Lipinski definition) is 3. The molecule has 0 saturated heterocycles. The summed E-state index contributed by atoms with van der Waals surface area (Å²) in [6, 6.07) is 0.0995. The molecule has 0 aliphatic rings. The molecule has 2 atom stereocenters. The van der Waals surface area contributed by atoms with E-state index >= 15 is 0 Å². The second-order valence-electron chi connectivity index (χ2n) is 10.6. The largest absolute Gasteiger partial charge is 0.438 e. The van der Waals surface area contributed by atoms with Crippen LogP contribution in [0.25, 0.3) is 0 Å². The Kier molecular flexibility index (Phi) is 23.9. The SMILES string of the molecule is CCCCCCCCCC(CC)SCCCCCCCCCCN(CC)C(=O)[N+](N)(CC)CCC. The van der Waals surface area contributed by atoms with E-state index in [9.17, 15) is 4.79 Å². The van der Waals surface area contributed by atoms with E-state index in [4.69, 9.17) is 5.84 Å². The van der Waals surface area contributed by atoms with Crippen molar-refractivity contribution in [1.82, 2.24) is 4.90 Å². The average molecular weight is 515 g/mol. The molecular weight excluding hydrogens is 450 g/mol. The average Bonchev–Trinajstić information content (AvgIpc) is 2.87. The summed E-state index contributed by atoms with van der Waals surface area (Å²) in [5.74, 6) is 7.72. The van der Waals surface area contributed by atoms with Crippen molar-refractivity contribution in [3.8, 4) is 0 Å². The predicted molar refractivity (Wildman–Crippen MR) is 159 cm³/mol. The van der Waals surface area contributed by atoms with Gasteiger partial charge in [0.1, 0.15) is 13.1 Å². The summed E-state index contributed by atoms with van der Waals surface area (Å²) in [7, 11) is 0. The summed E-state index contributed by atoms with van der Waals surface area (Å²) >= 11 is 2.24. The van der Waals surface area contributed by atoms with Crippen LogP contribution in [0.15, 0.2) is 0 Å². The summed E-state index contributed by atoms with van der Waals surface area (Å²) in [6.45, 7) is 13.8. The fourth-order valence-corrected chi connectivity index (χ4v) is 6.18. The number of rotatable bonds is 25. The Bertz CT molecular complexity index is 477. The molecule has 2 N–H and O–H groups in total. The van der Waals surface area contributed by atoms with Crippen molar-refractivity contribution in [3.05, 3.63) is 0 Å². The van der Waals surface area contributed by atoms with Crippen LogP contribution >= 0.6 is 11.8 Å². The van der Waals surface area contributed by atoms with E-state index in [1.165, 1.54) is 108 Å². The number of nitrogens with zero attached hydrogens (tertiary/aromatic N) is 2. The van der Waals surface area contributed by atoms with Gasteiger partial charge in [0, 0.05) is 18.3 Å². The molecular formula is C30H64N3OS+. The van der Waals surface area contributed by atoms with Crippen LogP contribution < -0.4 is 5.84 Å². The number of carbonyl (C=O) groups excluding carboxylic acids is 1. The van der Waals surface area contributed by atoms with Gasteiger partial charge in [-0.1, -0.05) is 104 Å². The molecule has 210 valence electrons. The highest BCUT2D eigenvalue weighted by Gasteiger charge is 2.34. The zero-order valence-corrected chi connectivity index (χ0v) is 25.4. The van der Waals surface area contributed by atoms with Crippen molar-refractivity contribution >= 4 is 17.8 Å². The molecule has 0 bridgehead atoms. The van der Waals surface area contributed by atoms with Crippen LogP contribution in [0.3, 0.4) is 0 Å². The molecule has 0 saturated carbocycles. The van der Waals surface area contributed by atoms with Crippen molar-refractivity contribution in [3.63, 3.8) is 0 Å². The third kappa shape index (κ3) is 17.8. The lowest BCUT2D eigenvalue weighted by Gasteiger charge is -2.33. The summed E-state index contributed by atoms with van der Waals surface area (Å²) in [5, 5.41) is 0.891. The Morgan fingerprint density at radius 1 is 0.743 bits per heavy atom. The van der Waals surface area contributed by atoms with Crippen LogP contribution in [0, 0.1) is 0 Å². The third-order valence-corrected chi connectivity index (χ3v) is 9.05. The molecule has 0 rings (SSSR count). The zero-order chi connectivity index (χ0) is 26.2. The number of thioether (sulfide) groups is 1. The van der Waals surface area contributed by atoms with Crippen molar-refractivity contribution in [2.45, 2.75) is 155 Å². The van der Waals surface area contributed by atoms with Crippen molar-refractivity contribution in [2.75, 3.05) is 31.9 Å². The summed E-state index contributed by atoms with van der Waals surface area (Å²) < 4.78 is 0.0563. The number of hydrogen-bond donors (Lipinski definition) is 1. The highest BCUT2D eigenvalue weighted by molar-refractivity contribution is 7.99. The van der Waals surface area contributed by atoms with Gasteiger partial charge in [0.15, 0.2) is 0 Å². The molecule has 4 nitrogen and oxygen atoms in total. The van der Waals surface area contributed by atoms with Crippen molar-refractivity contribution < 1.29 is 9.39 Å². The fraction of sp³-hybridized carbons (Fsp3) is 0.967. The first-order valence-corrected chi connectivity index (χ1v) is 16.6. The highest BCUT2D eigenvalue weighted by atomic mass is 32.2. The minimum absolute atomic E-state index is 0.0563. The number of quaternary nitrogens is 1. The van der Waals surface area contributed by atoms with Gasteiger partial charge in [-0.05, 0) is 51.7 Å². The third-order valence-electron chi connectivity index (χ3n) is 7.48. The molecule has 2 unspecified atom stereocenters. The Hall–Kier alpha value is -0.260. The molecule has 0 aliphatic heterocycles. The van der Waals surface area contributed by atoms with Gasteiger partial charge in [-0.25, -0.2) is 4.79 Å². The van der Waals surface area contributed by atoms with Crippen LogP contribution in [0.2, 0.25) is 0 Å². The number of urea groups is 1. The monoisotopic (exact) mass is 514 g/mol. The molecule has 35 heavy (non-hydrogen) atoms. The summed E-state index contributed by atoms with van der Waals surface area (Å²) in [6.07, 6.45) is 24.2. The van der Waals surface area contributed by atoms with E-state index < -0.39 is 0 Å². The second-order valence-corrected chi connectivity index (χ2v) is 12.0. The van der Waals surface area contributed by atoms with Gasteiger partial charge in [0.05, 0.1) is 0 Å². The predicted octanol–water partition coefficient (Wildman–Crippen LogP) is 9.32. The fourth-order valence-electron chi connectivity index (χ4n) is 4.91. The van der Waals surface area contributed by atoms with Crippen LogP contribution in [-0.4, -0.2) is 52.7 Å². The van der Waals surface area contributed by atoms with E-state index in [1.807, 2.05) is 11.8 Å². The summed E-state index contributed by atoms with van der Waals surface area (Å²) in [4.78, 5) is 14.8. The highest BCUT2D eigenvalue weighted by Crippen LogP contribution is 2.23. The Morgan fingerprint density at radius 3 is 1.80 bits per heavy atom. The van der Waals surface area contributed by atoms with Gasteiger partial charge in [-0.15, -0.1) is 0 Å². The first kappa shape index (κ1) is 34.7. The molecule has 0 spiro atoms. The smallest absolute Gasteiger partial charge is 0.291 e. The van der Waals surface area contributed by atoms with Gasteiger partial charge in [0.25, 0.3) is 0 Å². The molecule has 2 amide bonds. The van der Waals surface area contributed by atoms with Crippen LogP contribution in [0.1, 0.15) is 150 Å². The molecule has 0 aliphatic carbocycles. The van der Waals surface area contributed by atoms with E-state index in [1.54, 1.807) is 0 Å². The standard InChI is InChI=1S/C30H64N3OS/c1-6-11-12-13-16-19-22-25-29(8-3)35-28-24-21-18-15-14-17-20-23-26-32(9-4)30(34)33(31,10-5)27-7-2/h29H,6-28,31H2,1-5H3/q+1. The van der Waals surface area contributed by atoms with E-state index in [-0.39, 0.29) is 10.6 Å². The lowest BCUT2D eigenvalue weighted by atomic mass is 10.1. The molecule has 0 aromatic heterocycles. The van der Waals surface area contributed by atoms with Crippen molar-refractivity contribution in [1.29, 1.82) is 0 Å². The maximum Gasteiger partial charge on any atom is 0.438 e. The van der Waals surface area contributed by atoms with E-state index in [0.29, 0.717) is 6.54 Å². The Labute approximate surface area is 225 Å². The maximum atomic E-state index is 12.9. The number of unbranched alkanes of at least 4 members (excludes halogenated alkanes) is 13. The first-order valence-electron chi connectivity index (χ1n) is 15.6. The number of amides is 2. The van der Waals surface area contributed by atoms with Crippen LogP contribution in [-0.2, 0) is 0 Å². The lowest BCUT2D eigenvalue weighted by Crippen LogP contribution is -2.63. The number of carbonyl (C=O) groups is 1. The molecule has 0 heterocycles. The van der Waals surface area contributed by atoms with Crippen LogP contribution in [0.4, 0.5) is 4.79 Å². The second kappa shape index (κ2) is 24.1. The maximum absolute atomic E-state index is 12.9. The van der Waals surface area contributed by atoms with Crippen molar-refractivity contribution in [2.24, 2.45) is 5.84 Å². The van der Waals surface area contributed by atoms with Crippen LogP contribution in [0.5, 0.6) is 0 Å². The Balaban J connectivity index is 3.69. The minimum atomic E-state index is 0.0563. The quantitative estimate of drug-likeness (QED) is 0.0434. The van der Waals surface area contributed by atoms with Gasteiger partial charge in [-0.2, -0.15) is 22.2 Å². The normalized spacial score (nSPS) is 14.1.